The van der Waals surface area contributed by atoms with Gasteiger partial charge in [0.05, 0.1) is 13.2 Å². The molecule has 1 aliphatic rings. The van der Waals surface area contributed by atoms with Crippen LogP contribution in [0, 0.1) is 17.3 Å². The van der Waals surface area contributed by atoms with Gasteiger partial charge in [-0.1, -0.05) is 19.3 Å². The van der Waals surface area contributed by atoms with Crippen molar-refractivity contribution in [3.63, 3.8) is 0 Å². The fourth-order valence-corrected chi connectivity index (χ4v) is 3.57. The third-order valence-electron chi connectivity index (χ3n) is 4.47. The lowest BCUT2D eigenvalue weighted by atomic mass is 9.58. The molecule has 0 spiro atoms. The van der Waals surface area contributed by atoms with Gasteiger partial charge >= 0.3 is 23.9 Å². The number of esters is 2. The van der Waals surface area contributed by atoms with Gasteiger partial charge in [0.25, 0.3) is 0 Å². The molecule has 0 aromatic carbocycles. The molecule has 1 aliphatic carbocycles. The lowest BCUT2D eigenvalue weighted by molar-refractivity contribution is -0.180. The third kappa shape index (κ3) is 4.04. The van der Waals surface area contributed by atoms with Gasteiger partial charge in [0, 0.05) is 5.41 Å². The third-order valence-corrected chi connectivity index (χ3v) is 4.47. The average molecular weight is 344 g/mol. The van der Waals surface area contributed by atoms with E-state index in [9.17, 15) is 29.4 Å². The Hall–Kier alpha value is -2.12. The first kappa shape index (κ1) is 19.9. The fourth-order valence-electron chi connectivity index (χ4n) is 3.57. The Kier molecular flexibility index (Phi) is 7.18. The van der Waals surface area contributed by atoms with Gasteiger partial charge < -0.3 is 19.7 Å². The Morgan fingerprint density at radius 1 is 0.833 bits per heavy atom. The van der Waals surface area contributed by atoms with Crippen molar-refractivity contribution < 1.29 is 38.9 Å². The van der Waals surface area contributed by atoms with Gasteiger partial charge in [-0.15, -0.1) is 0 Å². The summed E-state index contributed by atoms with van der Waals surface area (Å²) in [6.07, 6.45) is 2.13. The smallest absolute Gasteiger partial charge is 0.320 e. The highest BCUT2D eigenvalue weighted by atomic mass is 16.6. The maximum absolute atomic E-state index is 12.4. The minimum Gasteiger partial charge on any atom is -0.481 e. The first-order valence-electron chi connectivity index (χ1n) is 8.10. The van der Waals surface area contributed by atoms with Crippen LogP contribution in [0.4, 0.5) is 0 Å². The van der Waals surface area contributed by atoms with Gasteiger partial charge in [0.2, 0.25) is 0 Å². The maximum Gasteiger partial charge on any atom is 0.320 e. The second kappa shape index (κ2) is 8.65. The molecule has 1 fully saturated rings. The largest absolute Gasteiger partial charge is 0.481 e. The zero-order valence-corrected chi connectivity index (χ0v) is 13.9. The number of ether oxygens (including phenoxy) is 2. The summed E-state index contributed by atoms with van der Waals surface area (Å²) in [5.74, 6) is -8.42. The van der Waals surface area contributed by atoms with Gasteiger partial charge in [-0.3, -0.25) is 19.2 Å². The van der Waals surface area contributed by atoms with Crippen LogP contribution in [0.5, 0.6) is 0 Å². The molecule has 0 aliphatic heterocycles. The molecule has 0 aromatic rings. The normalized spacial score (nSPS) is 16.7. The molecule has 0 heterocycles. The van der Waals surface area contributed by atoms with E-state index >= 15 is 0 Å². The number of hydrogen-bond acceptors (Lipinski definition) is 6. The van der Waals surface area contributed by atoms with Crippen molar-refractivity contribution >= 4 is 23.9 Å². The predicted molar refractivity (Wildman–Crippen MR) is 81.0 cm³/mol. The standard InChI is InChI=1S/C16H24O8/c1-3-23-14(21)11(15(22)24-4-2)16(8-6-5-7-9-16)10(12(17)18)13(19)20/h10-11H,3-9H2,1-2H3,(H,17,18)(H,19,20). The molecule has 0 bridgehead atoms. The fraction of sp³-hybridized carbons (Fsp3) is 0.750. The van der Waals surface area contributed by atoms with Gasteiger partial charge in [-0.25, -0.2) is 0 Å². The number of carbonyl (C=O) groups is 4. The monoisotopic (exact) mass is 344 g/mol. The molecule has 2 N–H and O–H groups in total. The van der Waals surface area contributed by atoms with Crippen LogP contribution in [0.1, 0.15) is 46.0 Å². The molecule has 0 radical (unpaired) electrons. The molecule has 0 atom stereocenters. The van der Waals surface area contributed by atoms with Crippen molar-refractivity contribution in [2.45, 2.75) is 46.0 Å². The Labute approximate surface area is 140 Å². The van der Waals surface area contributed by atoms with E-state index in [1.807, 2.05) is 0 Å². The first-order valence-corrected chi connectivity index (χ1v) is 8.10. The van der Waals surface area contributed by atoms with Crippen molar-refractivity contribution in [1.82, 2.24) is 0 Å². The number of carboxylic acids is 2. The van der Waals surface area contributed by atoms with Crippen molar-refractivity contribution in [2.75, 3.05) is 13.2 Å². The Morgan fingerprint density at radius 3 is 1.58 bits per heavy atom. The summed E-state index contributed by atoms with van der Waals surface area (Å²) in [6.45, 7) is 3.10. The SMILES string of the molecule is CCOC(=O)C(C(=O)OCC)C1(C(C(=O)O)C(=O)O)CCCCC1. The summed E-state index contributed by atoms with van der Waals surface area (Å²) in [7, 11) is 0. The summed E-state index contributed by atoms with van der Waals surface area (Å²) in [5.41, 5.74) is -1.55. The molecular formula is C16H24O8. The zero-order chi connectivity index (χ0) is 18.3. The van der Waals surface area contributed by atoms with Gasteiger partial charge in [-0.2, -0.15) is 0 Å². The number of carboxylic acid groups (broad SMARTS) is 2. The second-order valence-corrected chi connectivity index (χ2v) is 5.84. The summed E-state index contributed by atoms with van der Waals surface area (Å²) >= 11 is 0. The van der Waals surface area contributed by atoms with Crippen LogP contribution in [0.2, 0.25) is 0 Å². The number of aliphatic carboxylic acids is 2. The summed E-state index contributed by atoms with van der Waals surface area (Å²) < 4.78 is 9.87. The van der Waals surface area contributed by atoms with E-state index < -0.39 is 41.1 Å². The minimum atomic E-state index is -1.88. The topological polar surface area (TPSA) is 127 Å². The van der Waals surface area contributed by atoms with Crippen LogP contribution in [-0.4, -0.2) is 47.3 Å². The average Bonchev–Trinajstić information content (AvgIpc) is 2.47. The van der Waals surface area contributed by atoms with Gasteiger partial charge in [-0.05, 0) is 26.7 Å². The highest BCUT2D eigenvalue weighted by molar-refractivity contribution is 6.00. The predicted octanol–water partition coefficient (Wildman–Crippen LogP) is 1.46. The van der Waals surface area contributed by atoms with Gasteiger partial charge in [0.15, 0.2) is 11.8 Å². The lowest BCUT2D eigenvalue weighted by Gasteiger charge is -2.43. The molecular weight excluding hydrogens is 320 g/mol. The van der Waals surface area contributed by atoms with Crippen LogP contribution < -0.4 is 0 Å². The van der Waals surface area contributed by atoms with Gasteiger partial charge in [0.1, 0.15) is 0 Å². The molecule has 8 heteroatoms. The highest BCUT2D eigenvalue weighted by Crippen LogP contribution is 2.49. The Balaban J connectivity index is 3.44. The van der Waals surface area contributed by atoms with E-state index in [2.05, 4.69) is 0 Å². The molecule has 1 rings (SSSR count). The minimum absolute atomic E-state index is 0.00434. The molecule has 8 nitrogen and oxygen atoms in total. The van der Waals surface area contributed by atoms with E-state index in [0.29, 0.717) is 12.8 Å². The Morgan fingerprint density at radius 2 is 1.25 bits per heavy atom. The first-order chi connectivity index (χ1) is 11.3. The van der Waals surface area contributed by atoms with E-state index in [1.54, 1.807) is 13.8 Å². The highest BCUT2D eigenvalue weighted by Gasteiger charge is 2.59. The van der Waals surface area contributed by atoms with Crippen molar-refractivity contribution in [3.05, 3.63) is 0 Å². The van der Waals surface area contributed by atoms with Crippen LogP contribution >= 0.6 is 0 Å². The van der Waals surface area contributed by atoms with Crippen LogP contribution in [-0.2, 0) is 28.7 Å². The second-order valence-electron chi connectivity index (χ2n) is 5.84. The summed E-state index contributed by atoms with van der Waals surface area (Å²) in [4.78, 5) is 48.1. The number of hydrogen-bond donors (Lipinski definition) is 2. The number of carbonyl (C=O) groups excluding carboxylic acids is 2. The molecule has 0 saturated heterocycles. The zero-order valence-electron chi connectivity index (χ0n) is 13.9. The molecule has 0 amide bonds. The van der Waals surface area contributed by atoms with Crippen molar-refractivity contribution in [2.24, 2.45) is 17.3 Å². The van der Waals surface area contributed by atoms with E-state index in [0.717, 1.165) is 6.42 Å². The molecule has 0 aromatic heterocycles. The van der Waals surface area contributed by atoms with E-state index in [1.165, 1.54) is 0 Å². The molecule has 24 heavy (non-hydrogen) atoms. The van der Waals surface area contributed by atoms with Crippen LogP contribution in [0.25, 0.3) is 0 Å². The molecule has 0 unspecified atom stereocenters. The summed E-state index contributed by atoms with van der Waals surface area (Å²) in [5, 5.41) is 18.9. The Bertz CT molecular complexity index is 460. The molecule has 1 saturated carbocycles. The van der Waals surface area contributed by atoms with Crippen LogP contribution in [0.15, 0.2) is 0 Å². The quantitative estimate of drug-likeness (QED) is 0.500. The molecule has 136 valence electrons. The van der Waals surface area contributed by atoms with Crippen molar-refractivity contribution in [1.29, 1.82) is 0 Å². The van der Waals surface area contributed by atoms with E-state index in [4.69, 9.17) is 9.47 Å². The van der Waals surface area contributed by atoms with Crippen LogP contribution in [0.3, 0.4) is 0 Å². The van der Waals surface area contributed by atoms with Crippen molar-refractivity contribution in [3.8, 4) is 0 Å². The maximum atomic E-state index is 12.4. The van der Waals surface area contributed by atoms with E-state index in [-0.39, 0.29) is 26.1 Å². The number of rotatable bonds is 8. The lowest BCUT2D eigenvalue weighted by Crippen LogP contribution is -2.53. The summed E-state index contributed by atoms with van der Waals surface area (Å²) in [6, 6.07) is 0.